The molecule has 4 rings (SSSR count). The van der Waals surface area contributed by atoms with Crippen molar-refractivity contribution in [2.75, 3.05) is 31.1 Å². The molecule has 1 saturated heterocycles. The standard InChI is InChI=1S/C24H24F4N4O2/c1-23(2,3)34-22(33)32-10-8-31(9-11-32)21-17-12-18(24(26,27)28)16(13-20(17)29-14-30-21)15-6-4-5-7-19(15)25/h4-7,12-14H,8-11H2,1-3H3. The molecule has 180 valence electrons. The molecule has 34 heavy (non-hydrogen) atoms. The smallest absolute Gasteiger partial charge is 0.417 e. The number of aromatic nitrogens is 2. The Hall–Kier alpha value is -3.43. The number of ether oxygens (including phenoxy) is 1. The van der Waals surface area contributed by atoms with Gasteiger partial charge >= 0.3 is 12.3 Å². The Kier molecular flexibility index (Phi) is 6.09. The zero-order valence-electron chi connectivity index (χ0n) is 19.0. The minimum atomic E-state index is -4.71. The molecule has 1 fully saturated rings. The molecule has 0 saturated carbocycles. The summed E-state index contributed by atoms with van der Waals surface area (Å²) < 4.78 is 61.8. The van der Waals surface area contributed by atoms with Crippen molar-refractivity contribution in [3.05, 3.63) is 54.1 Å². The van der Waals surface area contributed by atoms with Gasteiger partial charge in [-0.25, -0.2) is 19.2 Å². The zero-order chi connectivity index (χ0) is 24.7. The number of halogens is 4. The largest absolute Gasteiger partial charge is 0.444 e. The highest BCUT2D eigenvalue weighted by molar-refractivity contribution is 5.94. The van der Waals surface area contributed by atoms with E-state index in [1.165, 1.54) is 30.6 Å². The van der Waals surface area contributed by atoms with E-state index in [1.54, 1.807) is 25.7 Å². The molecule has 0 spiro atoms. The second kappa shape index (κ2) is 8.73. The molecular weight excluding hydrogens is 452 g/mol. The van der Waals surface area contributed by atoms with E-state index >= 15 is 0 Å². The molecule has 3 aromatic rings. The molecule has 1 amide bonds. The van der Waals surface area contributed by atoms with Gasteiger partial charge < -0.3 is 14.5 Å². The van der Waals surface area contributed by atoms with Crippen LogP contribution in [0.2, 0.25) is 0 Å². The van der Waals surface area contributed by atoms with E-state index in [9.17, 15) is 22.4 Å². The lowest BCUT2D eigenvalue weighted by Crippen LogP contribution is -2.50. The summed E-state index contributed by atoms with van der Waals surface area (Å²) in [6.45, 7) is 6.73. The van der Waals surface area contributed by atoms with Crippen molar-refractivity contribution in [2.45, 2.75) is 32.5 Å². The third-order valence-corrected chi connectivity index (χ3v) is 5.45. The van der Waals surface area contributed by atoms with Crippen LogP contribution in [0.3, 0.4) is 0 Å². The van der Waals surface area contributed by atoms with E-state index in [1.807, 2.05) is 4.90 Å². The molecule has 10 heteroatoms. The van der Waals surface area contributed by atoms with Crippen LogP contribution in [0.15, 0.2) is 42.7 Å². The number of alkyl halides is 3. The number of carbonyl (C=O) groups excluding carboxylic acids is 1. The number of carbonyl (C=O) groups is 1. The van der Waals surface area contributed by atoms with Crippen LogP contribution in [0.5, 0.6) is 0 Å². The molecule has 1 aliphatic heterocycles. The van der Waals surface area contributed by atoms with Gasteiger partial charge in [0, 0.05) is 37.1 Å². The molecule has 0 atom stereocenters. The highest BCUT2D eigenvalue weighted by Gasteiger charge is 2.36. The molecule has 0 bridgehead atoms. The number of anilines is 1. The van der Waals surface area contributed by atoms with Gasteiger partial charge in [-0.15, -0.1) is 0 Å². The molecule has 0 aliphatic carbocycles. The number of hydrogen-bond acceptors (Lipinski definition) is 5. The Labute approximate surface area is 194 Å². The predicted octanol–water partition coefficient (Wildman–Crippen LogP) is 5.51. The van der Waals surface area contributed by atoms with E-state index in [0.717, 1.165) is 12.1 Å². The quantitative estimate of drug-likeness (QED) is 0.457. The first-order chi connectivity index (χ1) is 15.9. The fourth-order valence-corrected chi connectivity index (χ4v) is 3.91. The van der Waals surface area contributed by atoms with E-state index < -0.39 is 29.3 Å². The number of hydrogen-bond donors (Lipinski definition) is 0. The maximum atomic E-state index is 14.4. The van der Waals surface area contributed by atoms with Crippen LogP contribution >= 0.6 is 0 Å². The normalized spacial score (nSPS) is 15.0. The van der Waals surface area contributed by atoms with Gasteiger partial charge in [0.05, 0.1) is 11.1 Å². The third kappa shape index (κ3) is 4.90. The average molecular weight is 476 g/mol. The van der Waals surface area contributed by atoms with Crippen LogP contribution in [0.1, 0.15) is 26.3 Å². The van der Waals surface area contributed by atoms with Crippen LogP contribution in [0, 0.1) is 5.82 Å². The van der Waals surface area contributed by atoms with Crippen LogP contribution in [-0.2, 0) is 10.9 Å². The summed E-state index contributed by atoms with van der Waals surface area (Å²) in [7, 11) is 0. The maximum Gasteiger partial charge on any atom is 0.417 e. The molecule has 0 N–H and O–H groups in total. The van der Waals surface area contributed by atoms with Crippen molar-refractivity contribution in [3.8, 4) is 11.1 Å². The Morgan fingerprint density at radius 2 is 1.65 bits per heavy atom. The summed E-state index contributed by atoms with van der Waals surface area (Å²) in [5.41, 5.74) is -1.75. The lowest BCUT2D eigenvalue weighted by molar-refractivity contribution is -0.137. The van der Waals surface area contributed by atoms with E-state index in [4.69, 9.17) is 4.74 Å². The summed E-state index contributed by atoms with van der Waals surface area (Å²) in [6, 6.07) is 7.56. The van der Waals surface area contributed by atoms with Gasteiger partial charge in [-0.2, -0.15) is 13.2 Å². The number of benzene rings is 2. The lowest BCUT2D eigenvalue weighted by atomic mass is 9.96. The highest BCUT2D eigenvalue weighted by atomic mass is 19.4. The number of fused-ring (bicyclic) bond motifs is 1. The molecule has 6 nitrogen and oxygen atoms in total. The predicted molar refractivity (Wildman–Crippen MR) is 120 cm³/mol. The van der Waals surface area contributed by atoms with Crippen molar-refractivity contribution in [3.63, 3.8) is 0 Å². The van der Waals surface area contributed by atoms with Crippen molar-refractivity contribution in [1.29, 1.82) is 0 Å². The summed E-state index contributed by atoms with van der Waals surface area (Å²) in [6.07, 6.45) is -3.88. The monoisotopic (exact) mass is 476 g/mol. The van der Waals surface area contributed by atoms with Gasteiger partial charge in [-0.1, -0.05) is 18.2 Å². The maximum absolute atomic E-state index is 14.4. The van der Waals surface area contributed by atoms with E-state index in [0.29, 0.717) is 32.0 Å². The Balaban J connectivity index is 1.70. The van der Waals surface area contributed by atoms with Crippen molar-refractivity contribution >= 4 is 22.8 Å². The summed E-state index contributed by atoms with van der Waals surface area (Å²) in [4.78, 5) is 24.1. The summed E-state index contributed by atoms with van der Waals surface area (Å²) >= 11 is 0. The van der Waals surface area contributed by atoms with Crippen LogP contribution < -0.4 is 4.90 Å². The van der Waals surface area contributed by atoms with Crippen molar-refractivity contribution in [1.82, 2.24) is 14.9 Å². The van der Waals surface area contributed by atoms with Crippen LogP contribution in [0.4, 0.5) is 28.2 Å². The molecule has 0 radical (unpaired) electrons. The van der Waals surface area contributed by atoms with Gasteiger partial charge in [0.1, 0.15) is 23.6 Å². The summed E-state index contributed by atoms with van der Waals surface area (Å²) in [5, 5.41) is 0.209. The number of rotatable bonds is 2. The molecule has 2 aromatic carbocycles. The first-order valence-electron chi connectivity index (χ1n) is 10.8. The number of piperazine rings is 1. The second-order valence-corrected chi connectivity index (χ2v) is 9.04. The van der Waals surface area contributed by atoms with Gasteiger partial charge in [0.25, 0.3) is 0 Å². The Morgan fingerprint density at radius 3 is 2.26 bits per heavy atom. The summed E-state index contributed by atoms with van der Waals surface area (Å²) in [5.74, 6) is -0.417. The zero-order valence-corrected chi connectivity index (χ0v) is 19.0. The number of amides is 1. The van der Waals surface area contributed by atoms with Gasteiger partial charge in [0.15, 0.2) is 0 Å². The molecule has 1 aromatic heterocycles. The fourth-order valence-electron chi connectivity index (χ4n) is 3.91. The minimum Gasteiger partial charge on any atom is -0.444 e. The van der Waals surface area contributed by atoms with Crippen molar-refractivity contribution in [2.24, 2.45) is 0 Å². The fraction of sp³-hybridized carbons (Fsp3) is 0.375. The van der Waals surface area contributed by atoms with Gasteiger partial charge in [-0.05, 0) is 44.5 Å². The first-order valence-corrected chi connectivity index (χ1v) is 10.8. The Morgan fingerprint density at radius 1 is 0.971 bits per heavy atom. The van der Waals surface area contributed by atoms with Gasteiger partial charge in [-0.3, -0.25) is 0 Å². The minimum absolute atomic E-state index is 0.150. The lowest BCUT2D eigenvalue weighted by Gasteiger charge is -2.36. The SMILES string of the molecule is CC(C)(C)OC(=O)N1CCN(c2ncnc3cc(-c4ccccc4F)c(C(F)(F)F)cc23)CC1. The molecule has 1 aliphatic rings. The van der Waals surface area contributed by atoms with E-state index in [2.05, 4.69) is 9.97 Å². The average Bonchev–Trinajstić information content (AvgIpc) is 2.76. The third-order valence-electron chi connectivity index (χ3n) is 5.45. The second-order valence-electron chi connectivity index (χ2n) is 9.04. The Bertz CT molecular complexity index is 1220. The van der Waals surface area contributed by atoms with Crippen LogP contribution in [-0.4, -0.2) is 52.7 Å². The highest BCUT2D eigenvalue weighted by Crippen LogP contribution is 2.41. The first kappa shape index (κ1) is 23.7. The molecule has 0 unspecified atom stereocenters. The molecule has 2 heterocycles. The number of nitrogens with zero attached hydrogens (tertiary/aromatic N) is 4. The van der Waals surface area contributed by atoms with Gasteiger partial charge in [0.2, 0.25) is 0 Å². The topological polar surface area (TPSA) is 58.6 Å². The van der Waals surface area contributed by atoms with Crippen LogP contribution in [0.25, 0.3) is 22.0 Å². The molecular formula is C24H24F4N4O2. The van der Waals surface area contributed by atoms with E-state index in [-0.39, 0.29) is 22.0 Å². The van der Waals surface area contributed by atoms with Crippen molar-refractivity contribution < 1.29 is 27.1 Å².